The Morgan fingerprint density at radius 1 is 1.40 bits per heavy atom. The highest BCUT2D eigenvalue weighted by atomic mass is 16.5. The van der Waals surface area contributed by atoms with Gasteiger partial charge in [0.1, 0.15) is 17.6 Å². The van der Waals surface area contributed by atoms with Gasteiger partial charge in [-0.25, -0.2) is 9.97 Å². The van der Waals surface area contributed by atoms with Crippen LogP contribution in [0.15, 0.2) is 0 Å². The molecule has 1 fully saturated rings. The van der Waals surface area contributed by atoms with Crippen molar-refractivity contribution in [3.63, 3.8) is 0 Å². The van der Waals surface area contributed by atoms with E-state index < -0.39 is 0 Å². The number of carbonyl (C=O) groups excluding carboxylic acids is 1. The number of aromatic nitrogens is 2. The minimum Gasteiger partial charge on any atom is -0.379 e. The van der Waals surface area contributed by atoms with Crippen LogP contribution in [-0.2, 0) is 9.53 Å². The quantitative estimate of drug-likeness (QED) is 0.841. The molecule has 2 aliphatic rings. The number of carbonyl (C=O) groups is 1. The van der Waals surface area contributed by atoms with E-state index in [1.165, 1.54) is 0 Å². The first kappa shape index (κ1) is 13.3. The predicted octanol–water partition coefficient (Wildman–Crippen LogP) is 1.46. The van der Waals surface area contributed by atoms with E-state index in [4.69, 9.17) is 4.74 Å². The molecule has 1 saturated heterocycles. The Morgan fingerprint density at radius 2 is 2.20 bits per heavy atom. The standard InChI is InChI=1S/C14H20N4O2/c1-8(2)11-12-13(16-9(3)15-11)18-5-4-6-20-7-10(18)14(19)17-12/h8,10H,4-7H2,1-3H3,(H,17,19). The molecule has 1 unspecified atom stereocenters. The van der Waals surface area contributed by atoms with Crippen molar-refractivity contribution in [3.05, 3.63) is 11.5 Å². The lowest BCUT2D eigenvalue weighted by atomic mass is 10.0. The Labute approximate surface area is 118 Å². The maximum absolute atomic E-state index is 12.3. The number of anilines is 2. The average Bonchev–Trinajstić information content (AvgIpc) is 2.65. The van der Waals surface area contributed by atoms with Crippen molar-refractivity contribution in [1.82, 2.24) is 9.97 Å². The number of ether oxygens (including phenoxy) is 1. The van der Waals surface area contributed by atoms with Crippen LogP contribution in [0.5, 0.6) is 0 Å². The number of hydrogen-bond donors (Lipinski definition) is 1. The molecule has 3 rings (SSSR count). The maximum atomic E-state index is 12.3. The summed E-state index contributed by atoms with van der Waals surface area (Å²) in [5.74, 6) is 1.81. The molecule has 0 radical (unpaired) electrons. The highest BCUT2D eigenvalue weighted by Gasteiger charge is 2.37. The van der Waals surface area contributed by atoms with Gasteiger partial charge in [-0.05, 0) is 19.3 Å². The average molecular weight is 276 g/mol. The molecule has 1 amide bonds. The van der Waals surface area contributed by atoms with E-state index >= 15 is 0 Å². The third kappa shape index (κ3) is 2.14. The van der Waals surface area contributed by atoms with Gasteiger partial charge in [0.05, 0.1) is 12.3 Å². The van der Waals surface area contributed by atoms with Gasteiger partial charge in [0.2, 0.25) is 5.91 Å². The molecule has 0 aliphatic carbocycles. The summed E-state index contributed by atoms with van der Waals surface area (Å²) in [4.78, 5) is 23.4. The van der Waals surface area contributed by atoms with E-state index in [1.54, 1.807) is 0 Å². The van der Waals surface area contributed by atoms with E-state index in [-0.39, 0.29) is 17.9 Å². The molecular weight excluding hydrogens is 256 g/mol. The van der Waals surface area contributed by atoms with Crippen molar-refractivity contribution in [2.75, 3.05) is 30.0 Å². The highest BCUT2D eigenvalue weighted by molar-refractivity contribution is 6.03. The van der Waals surface area contributed by atoms with Crippen LogP contribution in [0.2, 0.25) is 0 Å². The van der Waals surface area contributed by atoms with E-state index in [0.717, 1.165) is 36.0 Å². The third-order valence-corrected chi connectivity index (χ3v) is 3.74. The van der Waals surface area contributed by atoms with Crippen molar-refractivity contribution in [2.24, 2.45) is 0 Å². The molecule has 0 spiro atoms. The second-order valence-electron chi connectivity index (χ2n) is 5.64. The molecule has 1 N–H and O–H groups in total. The number of aryl methyl sites for hydroxylation is 1. The molecule has 6 heteroatoms. The molecule has 20 heavy (non-hydrogen) atoms. The maximum Gasteiger partial charge on any atom is 0.249 e. The smallest absolute Gasteiger partial charge is 0.249 e. The Hall–Kier alpha value is -1.69. The van der Waals surface area contributed by atoms with Gasteiger partial charge in [-0.2, -0.15) is 0 Å². The zero-order valence-corrected chi connectivity index (χ0v) is 12.1. The number of hydrogen-bond acceptors (Lipinski definition) is 5. The fourth-order valence-electron chi connectivity index (χ4n) is 2.78. The zero-order valence-electron chi connectivity index (χ0n) is 12.1. The van der Waals surface area contributed by atoms with Crippen LogP contribution in [0.3, 0.4) is 0 Å². The first-order valence-corrected chi connectivity index (χ1v) is 7.11. The van der Waals surface area contributed by atoms with Gasteiger partial charge in [0, 0.05) is 13.2 Å². The molecule has 0 saturated carbocycles. The first-order valence-electron chi connectivity index (χ1n) is 7.11. The largest absolute Gasteiger partial charge is 0.379 e. The minimum absolute atomic E-state index is 0.0197. The molecule has 2 aliphatic heterocycles. The number of amides is 1. The Morgan fingerprint density at radius 3 is 2.95 bits per heavy atom. The molecule has 0 aromatic carbocycles. The summed E-state index contributed by atoms with van der Waals surface area (Å²) in [5, 5.41) is 2.98. The topological polar surface area (TPSA) is 67.3 Å². The van der Waals surface area contributed by atoms with E-state index in [2.05, 4.69) is 34.0 Å². The molecule has 108 valence electrons. The number of fused-ring (bicyclic) bond motifs is 3. The monoisotopic (exact) mass is 276 g/mol. The zero-order chi connectivity index (χ0) is 14.3. The highest BCUT2D eigenvalue weighted by Crippen LogP contribution is 2.36. The van der Waals surface area contributed by atoms with E-state index in [0.29, 0.717) is 13.2 Å². The Bertz CT molecular complexity index is 544. The van der Waals surface area contributed by atoms with Crippen LogP contribution in [0.1, 0.15) is 37.7 Å². The van der Waals surface area contributed by atoms with Crippen molar-refractivity contribution in [1.29, 1.82) is 0 Å². The number of nitrogens with one attached hydrogen (secondary N) is 1. The van der Waals surface area contributed by atoms with Gasteiger partial charge in [0.15, 0.2) is 5.82 Å². The van der Waals surface area contributed by atoms with Crippen LogP contribution < -0.4 is 10.2 Å². The van der Waals surface area contributed by atoms with Crippen molar-refractivity contribution < 1.29 is 9.53 Å². The SMILES string of the molecule is Cc1nc(C(C)C)c2c(n1)N1CCCOCC1C(=O)N2. The van der Waals surface area contributed by atoms with Crippen LogP contribution >= 0.6 is 0 Å². The molecular formula is C14H20N4O2. The van der Waals surface area contributed by atoms with Gasteiger partial charge in [-0.15, -0.1) is 0 Å². The Kier molecular flexibility index (Phi) is 3.33. The van der Waals surface area contributed by atoms with Gasteiger partial charge in [-0.3, -0.25) is 4.79 Å². The van der Waals surface area contributed by atoms with Crippen LogP contribution in [0.25, 0.3) is 0 Å². The van der Waals surface area contributed by atoms with Crippen LogP contribution in [-0.4, -0.2) is 41.7 Å². The van der Waals surface area contributed by atoms with Gasteiger partial charge in [-0.1, -0.05) is 13.8 Å². The molecule has 6 nitrogen and oxygen atoms in total. The summed E-state index contributed by atoms with van der Waals surface area (Å²) in [7, 11) is 0. The summed E-state index contributed by atoms with van der Waals surface area (Å²) in [6.07, 6.45) is 0.906. The van der Waals surface area contributed by atoms with Gasteiger partial charge >= 0.3 is 0 Å². The third-order valence-electron chi connectivity index (χ3n) is 3.74. The van der Waals surface area contributed by atoms with Crippen LogP contribution in [0.4, 0.5) is 11.5 Å². The molecule has 0 bridgehead atoms. The normalized spacial score (nSPS) is 22.1. The van der Waals surface area contributed by atoms with Gasteiger partial charge in [0.25, 0.3) is 0 Å². The Balaban J connectivity index is 2.12. The molecule has 1 aromatic heterocycles. The molecule has 1 aromatic rings. The first-order chi connectivity index (χ1) is 9.58. The predicted molar refractivity (Wildman–Crippen MR) is 76.1 cm³/mol. The van der Waals surface area contributed by atoms with E-state index in [9.17, 15) is 4.79 Å². The number of nitrogens with zero attached hydrogens (tertiary/aromatic N) is 3. The second-order valence-corrected chi connectivity index (χ2v) is 5.64. The second kappa shape index (κ2) is 5.01. The fraction of sp³-hybridized carbons (Fsp3) is 0.643. The fourth-order valence-corrected chi connectivity index (χ4v) is 2.78. The van der Waals surface area contributed by atoms with Crippen molar-refractivity contribution in [3.8, 4) is 0 Å². The van der Waals surface area contributed by atoms with Crippen molar-refractivity contribution >= 4 is 17.4 Å². The lowest BCUT2D eigenvalue weighted by Gasteiger charge is -2.36. The summed E-state index contributed by atoms with van der Waals surface area (Å²) in [6.45, 7) is 7.95. The summed E-state index contributed by atoms with van der Waals surface area (Å²) in [6, 6.07) is -0.278. The summed E-state index contributed by atoms with van der Waals surface area (Å²) < 4.78 is 5.51. The summed E-state index contributed by atoms with van der Waals surface area (Å²) in [5.41, 5.74) is 1.68. The lowest BCUT2D eigenvalue weighted by Crippen LogP contribution is -2.50. The van der Waals surface area contributed by atoms with Crippen molar-refractivity contribution in [2.45, 2.75) is 39.2 Å². The van der Waals surface area contributed by atoms with Crippen LogP contribution in [0, 0.1) is 6.92 Å². The van der Waals surface area contributed by atoms with Gasteiger partial charge < -0.3 is 15.0 Å². The minimum atomic E-state index is -0.278. The summed E-state index contributed by atoms with van der Waals surface area (Å²) >= 11 is 0. The molecule has 3 heterocycles. The number of rotatable bonds is 1. The van der Waals surface area contributed by atoms with E-state index in [1.807, 2.05) is 6.92 Å². The molecule has 1 atom stereocenters. The lowest BCUT2D eigenvalue weighted by molar-refractivity contribution is -0.118.